The van der Waals surface area contributed by atoms with Gasteiger partial charge in [0.1, 0.15) is 18.6 Å². The van der Waals surface area contributed by atoms with Crippen molar-refractivity contribution < 1.29 is 34.5 Å². The molecule has 11 heteroatoms. The van der Waals surface area contributed by atoms with E-state index < -0.39 is 62.1 Å². The number of carboxylic acid groups (broad SMARTS) is 1. The molecule has 0 radical (unpaired) electrons. The topological polar surface area (TPSA) is 191 Å². The third-order valence-electron chi connectivity index (χ3n) is 2.20. The minimum absolute atomic E-state index is 0.519. The first-order chi connectivity index (χ1) is 9.81. The van der Waals surface area contributed by atoms with Gasteiger partial charge in [0, 0.05) is 0 Å². The summed E-state index contributed by atoms with van der Waals surface area (Å²) in [7, 11) is 0. The maximum absolute atomic E-state index is 11.4. The lowest BCUT2D eigenvalue weighted by molar-refractivity contribution is -0.138. The van der Waals surface area contributed by atoms with E-state index in [1.807, 2.05) is 5.32 Å². The lowest BCUT2D eigenvalue weighted by atomic mass is 10.2. The first kappa shape index (κ1) is 18.8. The van der Waals surface area contributed by atoms with Gasteiger partial charge in [-0.2, -0.15) is 0 Å². The van der Waals surface area contributed by atoms with Gasteiger partial charge < -0.3 is 37.0 Å². The molecule has 0 aromatic heterocycles. The van der Waals surface area contributed by atoms with Gasteiger partial charge in [-0.05, 0) is 0 Å². The Hall–Kier alpha value is -2.24. The van der Waals surface area contributed by atoms with E-state index in [1.165, 1.54) is 0 Å². The number of nitrogens with two attached hydrogens (primary N) is 1. The average Bonchev–Trinajstić information content (AvgIpc) is 2.46. The standard InChI is InChI=1S/C10H18N4O7/c11-5(3-15)9(20)12-1-7(17)14-6(4-16)10(21)13-2-8(18)19/h5-6,15-16H,1-4,11H2,(H,12,20)(H,13,21)(H,14,17)(H,18,19)/t5-,6-/m0/s1. The summed E-state index contributed by atoms with van der Waals surface area (Å²) in [4.78, 5) is 44.3. The van der Waals surface area contributed by atoms with Crippen molar-refractivity contribution in [3.8, 4) is 0 Å². The van der Waals surface area contributed by atoms with E-state index in [9.17, 15) is 19.2 Å². The number of aliphatic hydroxyl groups excluding tert-OH is 2. The summed E-state index contributed by atoms with van der Waals surface area (Å²) in [6, 6.07) is -2.52. The zero-order valence-corrected chi connectivity index (χ0v) is 11.0. The molecule has 0 aliphatic rings. The molecule has 3 amide bonds. The van der Waals surface area contributed by atoms with Crippen LogP contribution in [0, 0.1) is 0 Å². The van der Waals surface area contributed by atoms with Crippen LogP contribution in [0.4, 0.5) is 0 Å². The fourth-order valence-corrected chi connectivity index (χ4v) is 1.11. The summed E-state index contributed by atoms with van der Waals surface area (Å²) in [5.41, 5.74) is 5.19. The summed E-state index contributed by atoms with van der Waals surface area (Å²) in [6.07, 6.45) is 0. The predicted octanol–water partition coefficient (Wildman–Crippen LogP) is -4.90. The molecule has 0 aromatic rings. The van der Waals surface area contributed by atoms with Crippen molar-refractivity contribution in [2.24, 2.45) is 5.73 Å². The van der Waals surface area contributed by atoms with Crippen molar-refractivity contribution in [1.29, 1.82) is 0 Å². The number of carboxylic acids is 1. The highest BCUT2D eigenvalue weighted by molar-refractivity contribution is 5.91. The SMILES string of the molecule is N[C@@H](CO)C(=O)NCC(=O)N[C@@H](CO)C(=O)NCC(=O)O. The Kier molecular flexibility index (Phi) is 8.60. The molecule has 0 heterocycles. The van der Waals surface area contributed by atoms with Gasteiger partial charge in [0.05, 0.1) is 19.8 Å². The van der Waals surface area contributed by atoms with Crippen molar-refractivity contribution in [2.45, 2.75) is 12.1 Å². The van der Waals surface area contributed by atoms with Crippen LogP contribution >= 0.6 is 0 Å². The Balaban J connectivity index is 4.23. The van der Waals surface area contributed by atoms with Crippen LogP contribution in [0.2, 0.25) is 0 Å². The maximum Gasteiger partial charge on any atom is 0.322 e. The number of carbonyl (C=O) groups excluding carboxylic acids is 3. The minimum Gasteiger partial charge on any atom is -0.480 e. The van der Waals surface area contributed by atoms with Crippen LogP contribution < -0.4 is 21.7 Å². The monoisotopic (exact) mass is 306 g/mol. The summed E-state index contributed by atoms with van der Waals surface area (Å²) in [5, 5.41) is 32.1. The van der Waals surface area contributed by atoms with Crippen LogP contribution in [0.25, 0.3) is 0 Å². The molecule has 0 saturated carbocycles. The first-order valence-electron chi connectivity index (χ1n) is 5.85. The molecule has 2 atom stereocenters. The molecule has 0 fully saturated rings. The zero-order chi connectivity index (χ0) is 16.4. The van der Waals surface area contributed by atoms with Crippen LogP contribution in [-0.2, 0) is 19.2 Å². The molecule has 0 aliphatic carbocycles. The molecule has 0 bridgehead atoms. The molecule has 0 aliphatic heterocycles. The van der Waals surface area contributed by atoms with Gasteiger partial charge in [-0.25, -0.2) is 0 Å². The van der Waals surface area contributed by atoms with E-state index in [4.69, 9.17) is 21.1 Å². The molecule has 120 valence electrons. The van der Waals surface area contributed by atoms with Gasteiger partial charge >= 0.3 is 5.97 Å². The number of rotatable bonds is 9. The van der Waals surface area contributed by atoms with Crippen LogP contribution in [0.15, 0.2) is 0 Å². The first-order valence-corrected chi connectivity index (χ1v) is 5.85. The van der Waals surface area contributed by atoms with Crippen molar-refractivity contribution in [2.75, 3.05) is 26.3 Å². The van der Waals surface area contributed by atoms with Crippen LogP contribution in [0.3, 0.4) is 0 Å². The lowest BCUT2D eigenvalue weighted by Crippen LogP contribution is -2.53. The van der Waals surface area contributed by atoms with Gasteiger partial charge in [-0.1, -0.05) is 0 Å². The third-order valence-corrected chi connectivity index (χ3v) is 2.20. The molecular formula is C10H18N4O7. The molecule has 0 spiro atoms. The normalized spacial score (nSPS) is 12.9. The summed E-state index contributed by atoms with van der Waals surface area (Å²) in [5.74, 6) is -3.72. The third kappa shape index (κ3) is 7.81. The van der Waals surface area contributed by atoms with Gasteiger partial charge in [0.25, 0.3) is 0 Å². The highest BCUT2D eigenvalue weighted by atomic mass is 16.4. The molecule has 21 heavy (non-hydrogen) atoms. The second-order valence-electron chi connectivity index (χ2n) is 3.92. The fraction of sp³-hybridized carbons (Fsp3) is 0.600. The van der Waals surface area contributed by atoms with Crippen LogP contribution in [0.1, 0.15) is 0 Å². The molecule has 0 unspecified atom stereocenters. The number of aliphatic hydroxyl groups is 2. The molecule has 11 nitrogen and oxygen atoms in total. The van der Waals surface area contributed by atoms with Gasteiger partial charge in [0.2, 0.25) is 17.7 Å². The second-order valence-corrected chi connectivity index (χ2v) is 3.92. The Labute approximate surface area is 119 Å². The Morgan fingerprint density at radius 3 is 2.00 bits per heavy atom. The summed E-state index contributed by atoms with van der Waals surface area (Å²) >= 11 is 0. The van der Waals surface area contributed by atoms with Crippen molar-refractivity contribution >= 4 is 23.7 Å². The molecular weight excluding hydrogens is 288 g/mol. The highest BCUT2D eigenvalue weighted by Gasteiger charge is 2.21. The zero-order valence-electron chi connectivity index (χ0n) is 11.0. The van der Waals surface area contributed by atoms with Gasteiger partial charge in [0.15, 0.2) is 0 Å². The van der Waals surface area contributed by atoms with Gasteiger partial charge in [-0.3, -0.25) is 19.2 Å². The quantitative estimate of drug-likeness (QED) is 0.220. The second kappa shape index (κ2) is 9.63. The van der Waals surface area contributed by atoms with E-state index in [0.29, 0.717) is 0 Å². The Morgan fingerprint density at radius 1 is 0.952 bits per heavy atom. The van der Waals surface area contributed by atoms with E-state index in [2.05, 4.69) is 10.6 Å². The molecule has 0 saturated heterocycles. The van der Waals surface area contributed by atoms with Gasteiger partial charge in [-0.15, -0.1) is 0 Å². The van der Waals surface area contributed by atoms with E-state index in [-0.39, 0.29) is 0 Å². The Morgan fingerprint density at radius 2 is 1.52 bits per heavy atom. The number of aliphatic carboxylic acids is 1. The van der Waals surface area contributed by atoms with E-state index >= 15 is 0 Å². The van der Waals surface area contributed by atoms with Crippen molar-refractivity contribution in [1.82, 2.24) is 16.0 Å². The smallest absolute Gasteiger partial charge is 0.322 e. The molecule has 8 N–H and O–H groups in total. The minimum atomic E-state index is -1.35. The number of nitrogens with one attached hydrogen (secondary N) is 3. The van der Waals surface area contributed by atoms with Crippen LogP contribution in [0.5, 0.6) is 0 Å². The van der Waals surface area contributed by atoms with Crippen molar-refractivity contribution in [3.63, 3.8) is 0 Å². The Bertz CT molecular complexity index is 401. The summed E-state index contributed by atoms with van der Waals surface area (Å²) in [6.45, 7) is -2.52. The fourth-order valence-electron chi connectivity index (χ4n) is 1.11. The van der Waals surface area contributed by atoms with Crippen LogP contribution in [-0.4, -0.2) is 77.4 Å². The number of amides is 3. The summed E-state index contributed by atoms with van der Waals surface area (Å²) < 4.78 is 0. The molecule has 0 aromatic carbocycles. The van der Waals surface area contributed by atoms with Crippen molar-refractivity contribution in [3.05, 3.63) is 0 Å². The van der Waals surface area contributed by atoms with E-state index in [0.717, 1.165) is 0 Å². The number of hydrogen-bond donors (Lipinski definition) is 7. The predicted molar refractivity (Wildman–Crippen MR) is 67.7 cm³/mol. The average molecular weight is 306 g/mol. The number of hydrogen-bond acceptors (Lipinski definition) is 7. The lowest BCUT2D eigenvalue weighted by Gasteiger charge is -2.16. The van der Waals surface area contributed by atoms with E-state index in [1.54, 1.807) is 0 Å². The highest BCUT2D eigenvalue weighted by Crippen LogP contribution is 1.84. The maximum atomic E-state index is 11.4. The molecule has 0 rings (SSSR count). The number of carbonyl (C=O) groups is 4. The largest absolute Gasteiger partial charge is 0.480 e.